The Morgan fingerprint density at radius 1 is 0.714 bits per heavy atom. The summed E-state index contributed by atoms with van der Waals surface area (Å²) in [6.07, 6.45) is 6.41. The molecule has 0 aromatic carbocycles. The number of cyclic esters (lactones) is 2. The number of hydrogen-bond acceptors (Lipinski definition) is 6. The maximum absolute atomic E-state index is 12.3. The first kappa shape index (κ1) is 24.5. The lowest BCUT2D eigenvalue weighted by Crippen LogP contribution is -2.22. The van der Waals surface area contributed by atoms with E-state index in [4.69, 9.17) is 18.9 Å². The molecule has 0 radical (unpaired) electrons. The molecule has 0 aromatic heterocycles. The molecule has 0 N–H and O–H groups in total. The van der Waals surface area contributed by atoms with Gasteiger partial charge in [-0.15, -0.1) is 11.8 Å². The minimum Gasteiger partial charge on any atom is -0.463 e. The van der Waals surface area contributed by atoms with Gasteiger partial charge in [-0.3, -0.25) is 9.59 Å². The standard InChI is InChI=1S/C22H36O6/c1-3-5-9-19-11-7-8-12-20(10-6-4-2)22(24)28-18-16-26-14-13-25-15-17-27-21(19)23/h19-20H,3-6,9-18H2,1-2H3. The molecule has 0 aliphatic carbocycles. The number of unbranched alkanes of at least 4 members (excludes halogenated alkanes) is 2. The van der Waals surface area contributed by atoms with Crippen LogP contribution in [-0.4, -0.2) is 51.6 Å². The number of ether oxygens (including phenoxy) is 4. The molecule has 1 heterocycles. The first-order valence-electron chi connectivity index (χ1n) is 10.6. The highest BCUT2D eigenvalue weighted by atomic mass is 16.6. The lowest BCUT2D eigenvalue weighted by Gasteiger charge is -2.15. The van der Waals surface area contributed by atoms with E-state index >= 15 is 0 Å². The molecule has 1 aliphatic rings. The average molecular weight is 397 g/mol. The Labute approximate surface area is 169 Å². The summed E-state index contributed by atoms with van der Waals surface area (Å²) in [5.74, 6) is 5.30. The van der Waals surface area contributed by atoms with Crippen LogP contribution in [0.4, 0.5) is 0 Å². The summed E-state index contributed by atoms with van der Waals surface area (Å²) in [7, 11) is 0. The lowest BCUT2D eigenvalue weighted by molar-refractivity contribution is -0.152. The zero-order valence-corrected chi connectivity index (χ0v) is 17.5. The van der Waals surface area contributed by atoms with E-state index in [0.29, 0.717) is 39.3 Å². The topological polar surface area (TPSA) is 71.1 Å². The molecule has 0 saturated carbocycles. The fourth-order valence-corrected chi connectivity index (χ4v) is 2.86. The first-order chi connectivity index (χ1) is 13.7. The van der Waals surface area contributed by atoms with Crippen molar-refractivity contribution in [2.24, 2.45) is 11.8 Å². The highest BCUT2D eigenvalue weighted by molar-refractivity contribution is 5.73. The van der Waals surface area contributed by atoms with Gasteiger partial charge < -0.3 is 18.9 Å². The highest BCUT2D eigenvalue weighted by Crippen LogP contribution is 2.17. The molecule has 0 fully saturated rings. The van der Waals surface area contributed by atoms with Gasteiger partial charge in [0.25, 0.3) is 0 Å². The fraction of sp³-hybridized carbons (Fsp3) is 0.818. The van der Waals surface area contributed by atoms with E-state index in [0.717, 1.165) is 38.5 Å². The highest BCUT2D eigenvalue weighted by Gasteiger charge is 2.20. The van der Waals surface area contributed by atoms with E-state index in [1.807, 2.05) is 0 Å². The van der Waals surface area contributed by atoms with Gasteiger partial charge in [0.1, 0.15) is 13.2 Å². The van der Waals surface area contributed by atoms with Crippen molar-refractivity contribution < 1.29 is 28.5 Å². The second-order valence-corrected chi connectivity index (χ2v) is 7.00. The van der Waals surface area contributed by atoms with Crippen molar-refractivity contribution in [2.45, 2.75) is 65.2 Å². The second kappa shape index (κ2) is 16.4. The van der Waals surface area contributed by atoms with Crippen molar-refractivity contribution >= 4 is 11.9 Å². The van der Waals surface area contributed by atoms with Crippen LogP contribution in [0.1, 0.15) is 65.2 Å². The SMILES string of the molecule is CCCCC1CC#CCC(CCCC)C(=O)OCCOCCOCCOC1=O. The summed E-state index contributed by atoms with van der Waals surface area (Å²) < 4.78 is 21.5. The van der Waals surface area contributed by atoms with Gasteiger partial charge in [-0.2, -0.15) is 0 Å². The molecule has 6 nitrogen and oxygen atoms in total. The van der Waals surface area contributed by atoms with Crippen molar-refractivity contribution in [1.29, 1.82) is 0 Å². The normalized spacial score (nSPS) is 23.5. The predicted octanol–water partition coefficient (Wildman–Crippen LogP) is 3.52. The Balaban J connectivity index is 2.72. The van der Waals surface area contributed by atoms with Crippen molar-refractivity contribution in [2.75, 3.05) is 39.6 Å². The molecule has 0 bridgehead atoms. The van der Waals surface area contributed by atoms with Gasteiger partial charge in [-0.1, -0.05) is 39.5 Å². The summed E-state index contributed by atoms with van der Waals surface area (Å²) >= 11 is 0. The van der Waals surface area contributed by atoms with E-state index in [-0.39, 0.29) is 37.0 Å². The maximum Gasteiger partial charge on any atom is 0.309 e. The Hall–Kier alpha value is -1.58. The summed E-state index contributed by atoms with van der Waals surface area (Å²) in [5.41, 5.74) is 0. The predicted molar refractivity (Wildman–Crippen MR) is 107 cm³/mol. The molecule has 2 atom stereocenters. The van der Waals surface area contributed by atoms with Gasteiger partial charge in [-0.25, -0.2) is 0 Å². The molecule has 6 heteroatoms. The van der Waals surface area contributed by atoms with E-state index in [1.54, 1.807) is 0 Å². The number of esters is 2. The molecular formula is C22H36O6. The van der Waals surface area contributed by atoms with Crippen molar-refractivity contribution in [3.05, 3.63) is 0 Å². The fourth-order valence-electron chi connectivity index (χ4n) is 2.86. The Bertz CT molecular complexity index is 451. The third kappa shape index (κ3) is 11.3. The maximum atomic E-state index is 12.3. The zero-order chi connectivity index (χ0) is 20.5. The molecule has 160 valence electrons. The van der Waals surface area contributed by atoms with Crippen molar-refractivity contribution in [1.82, 2.24) is 0 Å². The number of carbonyl (C=O) groups excluding carboxylic acids is 2. The molecule has 0 saturated heterocycles. The van der Waals surface area contributed by atoms with Crippen LogP contribution in [0.25, 0.3) is 0 Å². The molecule has 28 heavy (non-hydrogen) atoms. The lowest BCUT2D eigenvalue weighted by atomic mass is 9.97. The minimum atomic E-state index is -0.226. The van der Waals surface area contributed by atoms with Crippen LogP contribution in [0.5, 0.6) is 0 Å². The third-order valence-corrected chi connectivity index (χ3v) is 4.62. The van der Waals surface area contributed by atoms with E-state index < -0.39 is 0 Å². The average Bonchev–Trinajstić information content (AvgIpc) is 2.69. The minimum absolute atomic E-state index is 0.217. The van der Waals surface area contributed by atoms with Gasteiger partial charge in [0.2, 0.25) is 0 Å². The third-order valence-electron chi connectivity index (χ3n) is 4.62. The van der Waals surface area contributed by atoms with Gasteiger partial charge in [-0.05, 0) is 12.8 Å². The number of hydrogen-bond donors (Lipinski definition) is 0. The van der Waals surface area contributed by atoms with Gasteiger partial charge in [0.05, 0.1) is 38.3 Å². The van der Waals surface area contributed by atoms with Crippen molar-refractivity contribution in [3.8, 4) is 11.8 Å². The number of rotatable bonds is 6. The summed E-state index contributed by atoms with van der Waals surface area (Å²) in [6.45, 7) is 6.18. The van der Waals surface area contributed by atoms with Crippen LogP contribution in [-0.2, 0) is 28.5 Å². The summed E-state index contributed by atoms with van der Waals surface area (Å²) in [6, 6.07) is 0. The monoisotopic (exact) mass is 396 g/mol. The second-order valence-electron chi connectivity index (χ2n) is 7.00. The molecule has 0 amide bonds. The smallest absolute Gasteiger partial charge is 0.309 e. The van der Waals surface area contributed by atoms with Crippen LogP contribution in [0.15, 0.2) is 0 Å². The van der Waals surface area contributed by atoms with Crippen LogP contribution >= 0.6 is 0 Å². The van der Waals surface area contributed by atoms with Crippen LogP contribution in [0.2, 0.25) is 0 Å². The molecule has 0 aromatic rings. The van der Waals surface area contributed by atoms with Gasteiger partial charge >= 0.3 is 11.9 Å². The van der Waals surface area contributed by atoms with Crippen LogP contribution < -0.4 is 0 Å². The molecule has 0 spiro atoms. The van der Waals surface area contributed by atoms with Crippen LogP contribution in [0, 0.1) is 23.7 Å². The van der Waals surface area contributed by atoms with E-state index in [9.17, 15) is 9.59 Å². The zero-order valence-electron chi connectivity index (χ0n) is 17.5. The Morgan fingerprint density at radius 2 is 1.11 bits per heavy atom. The van der Waals surface area contributed by atoms with Crippen molar-refractivity contribution in [3.63, 3.8) is 0 Å². The molecular weight excluding hydrogens is 360 g/mol. The quantitative estimate of drug-likeness (QED) is 0.505. The van der Waals surface area contributed by atoms with Crippen LogP contribution in [0.3, 0.4) is 0 Å². The Kier molecular flexibility index (Phi) is 14.3. The van der Waals surface area contributed by atoms with E-state index in [2.05, 4.69) is 25.7 Å². The Morgan fingerprint density at radius 3 is 1.50 bits per heavy atom. The molecule has 1 aliphatic heterocycles. The number of carbonyl (C=O) groups is 2. The van der Waals surface area contributed by atoms with Gasteiger partial charge in [0.15, 0.2) is 0 Å². The summed E-state index contributed by atoms with van der Waals surface area (Å²) in [4.78, 5) is 24.7. The molecule has 2 unspecified atom stereocenters. The summed E-state index contributed by atoms with van der Waals surface area (Å²) in [5, 5.41) is 0. The van der Waals surface area contributed by atoms with E-state index in [1.165, 1.54) is 0 Å². The van der Waals surface area contributed by atoms with Gasteiger partial charge in [0, 0.05) is 12.8 Å². The largest absolute Gasteiger partial charge is 0.463 e. The first-order valence-corrected chi connectivity index (χ1v) is 10.6. The molecule has 1 rings (SSSR count).